The van der Waals surface area contributed by atoms with Crippen LogP contribution in [0.25, 0.3) is 0 Å². The summed E-state index contributed by atoms with van der Waals surface area (Å²) in [7, 11) is 0. The Morgan fingerprint density at radius 3 is 2.33 bits per heavy atom. The van der Waals surface area contributed by atoms with Crippen LogP contribution in [0.1, 0.15) is 10.7 Å². The van der Waals surface area contributed by atoms with Gasteiger partial charge >= 0.3 is 0 Å². The van der Waals surface area contributed by atoms with E-state index in [2.05, 4.69) is 20.5 Å². The van der Waals surface area contributed by atoms with Gasteiger partial charge in [-0.05, 0) is 43.3 Å². The number of benzene rings is 2. The molecule has 2 aromatic carbocycles. The van der Waals surface area contributed by atoms with Crippen LogP contribution in [0, 0.1) is 6.92 Å². The van der Waals surface area contributed by atoms with Gasteiger partial charge in [0.25, 0.3) is 0 Å². The summed E-state index contributed by atoms with van der Waals surface area (Å²) in [5, 5.41) is 14.0. The van der Waals surface area contributed by atoms with Crippen molar-refractivity contribution in [3.63, 3.8) is 0 Å². The second-order valence-corrected chi connectivity index (χ2v) is 6.23. The lowest BCUT2D eigenvalue weighted by Crippen LogP contribution is -2.14. The largest absolute Gasteiger partial charge is 0.326 e. The number of azo groups is 1. The van der Waals surface area contributed by atoms with Gasteiger partial charge in [-0.15, -0.1) is 11.3 Å². The first kappa shape index (κ1) is 16.0. The van der Waals surface area contributed by atoms with E-state index >= 15 is 0 Å². The summed E-state index contributed by atoms with van der Waals surface area (Å²) in [5.74, 6) is -0.0843. The van der Waals surface area contributed by atoms with E-state index in [1.54, 1.807) is 11.3 Å². The van der Waals surface area contributed by atoms with E-state index in [9.17, 15) is 4.79 Å². The monoisotopic (exact) mass is 336 g/mol. The normalized spacial score (nSPS) is 10.9. The van der Waals surface area contributed by atoms with Gasteiger partial charge in [0.15, 0.2) is 0 Å². The number of nitrogens with zero attached hydrogens (tertiary/aromatic N) is 3. The van der Waals surface area contributed by atoms with Crippen LogP contribution in [0.2, 0.25) is 0 Å². The van der Waals surface area contributed by atoms with Gasteiger partial charge in [0, 0.05) is 11.1 Å². The summed E-state index contributed by atoms with van der Waals surface area (Å²) in [6.45, 7) is 1.93. The van der Waals surface area contributed by atoms with Crippen molar-refractivity contribution >= 4 is 34.3 Å². The fourth-order valence-corrected chi connectivity index (χ4v) is 2.69. The molecule has 3 aromatic rings. The molecule has 0 aliphatic heterocycles. The quantitative estimate of drug-likeness (QED) is 0.663. The van der Waals surface area contributed by atoms with Gasteiger partial charge in [0.1, 0.15) is 0 Å². The Bertz CT molecular complexity index is 841. The highest BCUT2D eigenvalue weighted by atomic mass is 32.1. The van der Waals surface area contributed by atoms with E-state index in [4.69, 9.17) is 0 Å². The molecule has 24 heavy (non-hydrogen) atoms. The standard InChI is InChI=1S/C18H16N4OS/c1-13-19-17(12-24-13)11-18(23)20-14-7-9-16(10-8-14)22-21-15-5-3-2-4-6-15/h2-10,12H,11H2,1H3,(H,20,23). The van der Waals surface area contributed by atoms with Gasteiger partial charge < -0.3 is 5.32 Å². The molecular weight excluding hydrogens is 320 g/mol. The molecule has 0 fully saturated rings. The van der Waals surface area contributed by atoms with E-state index < -0.39 is 0 Å². The molecule has 0 radical (unpaired) electrons. The van der Waals surface area contributed by atoms with Gasteiger partial charge in [0.05, 0.1) is 28.5 Å². The maximum absolute atomic E-state index is 12.0. The van der Waals surface area contributed by atoms with Crippen molar-refractivity contribution in [3.05, 3.63) is 70.7 Å². The number of aryl methyl sites for hydroxylation is 1. The second-order valence-electron chi connectivity index (χ2n) is 5.17. The molecule has 0 aliphatic rings. The SMILES string of the molecule is Cc1nc(CC(=O)Nc2ccc(N=Nc3ccccc3)cc2)cs1. The van der Waals surface area contributed by atoms with E-state index in [0.717, 1.165) is 27.8 Å². The number of hydrogen-bond donors (Lipinski definition) is 1. The molecule has 0 spiro atoms. The first-order valence-corrected chi connectivity index (χ1v) is 8.35. The molecule has 3 rings (SSSR count). The number of hydrogen-bond acceptors (Lipinski definition) is 5. The van der Waals surface area contributed by atoms with Crippen LogP contribution in [0.15, 0.2) is 70.2 Å². The maximum atomic E-state index is 12.0. The molecule has 1 N–H and O–H groups in total. The van der Waals surface area contributed by atoms with Crippen LogP contribution in [0.5, 0.6) is 0 Å². The third kappa shape index (κ3) is 4.57. The Morgan fingerprint density at radius 2 is 1.71 bits per heavy atom. The maximum Gasteiger partial charge on any atom is 0.230 e. The molecule has 6 heteroatoms. The number of aromatic nitrogens is 1. The van der Waals surface area contributed by atoms with Crippen LogP contribution in [-0.2, 0) is 11.2 Å². The molecule has 1 heterocycles. The Labute approximate surface area is 144 Å². The number of thiazole rings is 1. The zero-order chi connectivity index (χ0) is 16.8. The summed E-state index contributed by atoms with van der Waals surface area (Å²) in [5.41, 5.74) is 3.05. The third-order valence-electron chi connectivity index (χ3n) is 3.20. The van der Waals surface area contributed by atoms with Crippen LogP contribution in [0.4, 0.5) is 17.1 Å². The number of amides is 1. The van der Waals surface area contributed by atoms with E-state index in [1.165, 1.54) is 0 Å². The number of nitrogens with one attached hydrogen (secondary N) is 1. The second kappa shape index (κ2) is 7.61. The molecule has 0 unspecified atom stereocenters. The Morgan fingerprint density at radius 1 is 1.04 bits per heavy atom. The molecule has 1 amide bonds. The van der Waals surface area contributed by atoms with Crippen molar-refractivity contribution < 1.29 is 4.79 Å². The Balaban J connectivity index is 1.58. The van der Waals surface area contributed by atoms with Crippen molar-refractivity contribution in [3.8, 4) is 0 Å². The summed E-state index contributed by atoms with van der Waals surface area (Å²) < 4.78 is 0. The molecule has 0 bridgehead atoms. The number of carbonyl (C=O) groups is 1. The van der Waals surface area contributed by atoms with Crippen LogP contribution >= 0.6 is 11.3 Å². The molecule has 120 valence electrons. The van der Waals surface area contributed by atoms with Crippen molar-refractivity contribution in [1.82, 2.24) is 4.98 Å². The van der Waals surface area contributed by atoms with Gasteiger partial charge in [-0.2, -0.15) is 10.2 Å². The van der Waals surface area contributed by atoms with Gasteiger partial charge in [-0.1, -0.05) is 18.2 Å². The number of carbonyl (C=O) groups excluding carboxylic acids is 1. The molecule has 0 aliphatic carbocycles. The minimum atomic E-state index is -0.0843. The Kier molecular flexibility index (Phi) is 5.08. The average Bonchev–Trinajstić information content (AvgIpc) is 3.00. The van der Waals surface area contributed by atoms with Crippen molar-refractivity contribution in [2.45, 2.75) is 13.3 Å². The lowest BCUT2D eigenvalue weighted by atomic mass is 10.2. The highest BCUT2D eigenvalue weighted by Gasteiger charge is 2.06. The van der Waals surface area contributed by atoms with Crippen molar-refractivity contribution in [1.29, 1.82) is 0 Å². The molecule has 5 nitrogen and oxygen atoms in total. The highest BCUT2D eigenvalue weighted by molar-refractivity contribution is 7.09. The van der Waals surface area contributed by atoms with Crippen LogP contribution < -0.4 is 5.32 Å². The fourth-order valence-electron chi connectivity index (χ4n) is 2.08. The van der Waals surface area contributed by atoms with E-state index in [1.807, 2.05) is 66.9 Å². The zero-order valence-electron chi connectivity index (χ0n) is 13.1. The molecule has 1 aromatic heterocycles. The number of rotatable bonds is 5. The predicted octanol–water partition coefficient (Wildman–Crippen LogP) is 5.05. The first-order valence-electron chi connectivity index (χ1n) is 7.47. The van der Waals surface area contributed by atoms with Crippen molar-refractivity contribution in [2.75, 3.05) is 5.32 Å². The summed E-state index contributed by atoms with van der Waals surface area (Å²) >= 11 is 1.54. The fraction of sp³-hybridized carbons (Fsp3) is 0.111. The smallest absolute Gasteiger partial charge is 0.230 e. The van der Waals surface area contributed by atoms with Gasteiger partial charge in [-0.25, -0.2) is 4.98 Å². The predicted molar refractivity (Wildman–Crippen MR) is 96.2 cm³/mol. The summed E-state index contributed by atoms with van der Waals surface area (Å²) in [6.07, 6.45) is 0.278. The van der Waals surface area contributed by atoms with E-state index in [0.29, 0.717) is 0 Å². The van der Waals surface area contributed by atoms with Gasteiger partial charge in [-0.3, -0.25) is 4.79 Å². The molecule has 0 atom stereocenters. The lowest BCUT2D eigenvalue weighted by molar-refractivity contribution is -0.115. The molecule has 0 saturated carbocycles. The van der Waals surface area contributed by atoms with Crippen LogP contribution in [-0.4, -0.2) is 10.9 Å². The van der Waals surface area contributed by atoms with Crippen LogP contribution in [0.3, 0.4) is 0 Å². The minimum absolute atomic E-state index is 0.0843. The van der Waals surface area contributed by atoms with Crippen molar-refractivity contribution in [2.24, 2.45) is 10.2 Å². The topological polar surface area (TPSA) is 66.7 Å². The molecule has 0 saturated heterocycles. The zero-order valence-corrected chi connectivity index (χ0v) is 14.0. The first-order chi connectivity index (χ1) is 11.7. The minimum Gasteiger partial charge on any atom is -0.326 e. The number of anilines is 1. The highest BCUT2D eigenvalue weighted by Crippen LogP contribution is 2.20. The summed E-state index contributed by atoms with van der Waals surface area (Å²) in [6, 6.07) is 16.8. The average molecular weight is 336 g/mol. The third-order valence-corrected chi connectivity index (χ3v) is 4.02. The summed E-state index contributed by atoms with van der Waals surface area (Å²) in [4.78, 5) is 16.3. The molecular formula is C18H16N4OS. The van der Waals surface area contributed by atoms with Gasteiger partial charge in [0.2, 0.25) is 5.91 Å². The van der Waals surface area contributed by atoms with E-state index in [-0.39, 0.29) is 12.3 Å². The lowest BCUT2D eigenvalue weighted by Gasteiger charge is -2.04. The Hall–Kier alpha value is -2.86.